The number of halogens is 2. The van der Waals surface area contributed by atoms with Gasteiger partial charge in [0, 0.05) is 26.8 Å². The predicted molar refractivity (Wildman–Crippen MR) is 85.9 cm³/mol. The Morgan fingerprint density at radius 3 is 2.59 bits per heavy atom. The molecule has 0 amide bonds. The Balaban J connectivity index is 2.60. The maximum absolute atomic E-state index is 3.63. The van der Waals surface area contributed by atoms with Crippen LogP contribution in [0.3, 0.4) is 0 Å². The van der Waals surface area contributed by atoms with E-state index in [1.165, 1.54) is 11.3 Å². The van der Waals surface area contributed by atoms with E-state index in [0.29, 0.717) is 12.1 Å². The first-order valence-corrected chi connectivity index (χ1v) is 8.57. The molecular formula is C13H19Br2NS. The molecule has 0 aliphatic carbocycles. The smallest absolute Gasteiger partial charge is 0.0305 e. The molecule has 0 spiro atoms. The van der Waals surface area contributed by atoms with Crippen LogP contribution in [-0.2, 0) is 0 Å². The fourth-order valence-corrected chi connectivity index (χ4v) is 3.79. The van der Waals surface area contributed by atoms with E-state index in [1.54, 1.807) is 0 Å². The Bertz CT molecular complexity index is 357. The summed E-state index contributed by atoms with van der Waals surface area (Å²) in [5.41, 5.74) is 1.31. The summed E-state index contributed by atoms with van der Waals surface area (Å²) in [6, 6.07) is 7.24. The summed E-state index contributed by atoms with van der Waals surface area (Å²) < 4.78 is 2.26. The third kappa shape index (κ3) is 5.33. The Morgan fingerprint density at radius 1 is 1.29 bits per heavy atom. The number of hydrogen-bond donors (Lipinski definition) is 1. The van der Waals surface area contributed by atoms with Crippen molar-refractivity contribution in [2.75, 3.05) is 11.5 Å². The maximum atomic E-state index is 3.63. The predicted octanol–water partition coefficient (Wildman–Crippen LogP) is 5.00. The van der Waals surface area contributed by atoms with E-state index >= 15 is 0 Å². The maximum Gasteiger partial charge on any atom is 0.0305 e. The normalized spacial score (nSPS) is 14.6. The number of thioether (sulfide) groups is 1. The van der Waals surface area contributed by atoms with Gasteiger partial charge in [-0.05, 0) is 37.3 Å². The van der Waals surface area contributed by atoms with E-state index in [-0.39, 0.29) is 0 Å². The fraction of sp³-hybridized carbons (Fsp3) is 0.538. The van der Waals surface area contributed by atoms with Gasteiger partial charge in [-0.15, -0.1) is 0 Å². The van der Waals surface area contributed by atoms with E-state index in [2.05, 4.69) is 76.1 Å². The van der Waals surface area contributed by atoms with Crippen LogP contribution in [-0.4, -0.2) is 17.5 Å². The number of rotatable bonds is 6. The zero-order valence-corrected chi connectivity index (χ0v) is 14.5. The molecule has 0 fully saturated rings. The summed E-state index contributed by atoms with van der Waals surface area (Å²) in [4.78, 5) is 0. The van der Waals surface area contributed by atoms with Crippen molar-refractivity contribution in [3.63, 3.8) is 0 Å². The molecule has 0 heterocycles. The topological polar surface area (TPSA) is 12.0 Å². The highest BCUT2D eigenvalue weighted by Gasteiger charge is 2.12. The van der Waals surface area contributed by atoms with Crippen LogP contribution in [0.1, 0.15) is 32.4 Å². The van der Waals surface area contributed by atoms with E-state index in [9.17, 15) is 0 Å². The van der Waals surface area contributed by atoms with Crippen LogP contribution in [0, 0.1) is 0 Å². The molecule has 1 aromatic carbocycles. The lowest BCUT2D eigenvalue weighted by atomic mass is 10.1. The second-order valence-electron chi connectivity index (χ2n) is 4.11. The van der Waals surface area contributed by atoms with Gasteiger partial charge in [-0.1, -0.05) is 44.8 Å². The molecule has 0 saturated carbocycles. The minimum atomic E-state index is 0.366. The van der Waals surface area contributed by atoms with Crippen LogP contribution < -0.4 is 5.32 Å². The van der Waals surface area contributed by atoms with Crippen LogP contribution in [0.2, 0.25) is 0 Å². The van der Waals surface area contributed by atoms with Gasteiger partial charge >= 0.3 is 0 Å². The number of benzene rings is 1. The average molecular weight is 381 g/mol. The molecule has 0 radical (unpaired) electrons. The Morgan fingerprint density at radius 2 is 2.00 bits per heavy atom. The zero-order chi connectivity index (χ0) is 12.8. The summed E-state index contributed by atoms with van der Waals surface area (Å²) in [7, 11) is 0. The van der Waals surface area contributed by atoms with Crippen LogP contribution in [0.4, 0.5) is 0 Å². The zero-order valence-electron chi connectivity index (χ0n) is 10.5. The van der Waals surface area contributed by atoms with E-state index < -0.39 is 0 Å². The lowest BCUT2D eigenvalue weighted by Crippen LogP contribution is -2.31. The fourth-order valence-electron chi connectivity index (χ4n) is 1.71. The second-order valence-corrected chi connectivity index (χ2v) is 7.20. The summed E-state index contributed by atoms with van der Waals surface area (Å²) >= 11 is 9.07. The minimum absolute atomic E-state index is 0.366. The van der Waals surface area contributed by atoms with Crippen molar-refractivity contribution < 1.29 is 0 Å². The molecule has 0 saturated heterocycles. The average Bonchev–Trinajstić information content (AvgIpc) is 2.26. The highest BCUT2D eigenvalue weighted by Crippen LogP contribution is 2.27. The van der Waals surface area contributed by atoms with Gasteiger partial charge in [0.2, 0.25) is 0 Å². The van der Waals surface area contributed by atoms with Crippen LogP contribution in [0.15, 0.2) is 27.1 Å². The van der Waals surface area contributed by atoms with Gasteiger partial charge in [0.05, 0.1) is 0 Å². The minimum Gasteiger partial charge on any atom is -0.307 e. The van der Waals surface area contributed by atoms with Crippen molar-refractivity contribution in [2.45, 2.75) is 32.9 Å². The molecule has 1 N–H and O–H groups in total. The van der Waals surface area contributed by atoms with Gasteiger partial charge in [0.15, 0.2) is 0 Å². The second kappa shape index (κ2) is 7.82. The van der Waals surface area contributed by atoms with Crippen molar-refractivity contribution in [3.05, 3.63) is 32.7 Å². The van der Waals surface area contributed by atoms with Crippen molar-refractivity contribution >= 4 is 43.6 Å². The SMILES string of the molecule is CCSCC(C)NC(C)c1ccc(Br)cc1Br. The van der Waals surface area contributed by atoms with Gasteiger partial charge in [0.25, 0.3) is 0 Å². The third-order valence-electron chi connectivity index (χ3n) is 2.54. The summed E-state index contributed by atoms with van der Waals surface area (Å²) in [6.45, 7) is 6.65. The Labute approximate surface area is 125 Å². The molecule has 0 aliphatic rings. The Hall–Kier alpha value is 0.490. The van der Waals surface area contributed by atoms with Crippen LogP contribution >= 0.6 is 43.6 Å². The number of hydrogen-bond acceptors (Lipinski definition) is 2. The Kier molecular flexibility index (Phi) is 7.15. The first kappa shape index (κ1) is 15.5. The summed E-state index contributed by atoms with van der Waals surface area (Å²) in [5.74, 6) is 2.34. The van der Waals surface area contributed by atoms with Crippen LogP contribution in [0.25, 0.3) is 0 Å². The van der Waals surface area contributed by atoms with E-state index in [0.717, 1.165) is 14.7 Å². The van der Waals surface area contributed by atoms with E-state index in [1.807, 2.05) is 11.8 Å². The molecule has 0 aromatic heterocycles. The number of nitrogens with one attached hydrogen (secondary N) is 1. The van der Waals surface area contributed by atoms with Crippen molar-refractivity contribution in [3.8, 4) is 0 Å². The third-order valence-corrected chi connectivity index (χ3v) is 4.86. The molecule has 4 heteroatoms. The molecular weight excluding hydrogens is 362 g/mol. The highest BCUT2D eigenvalue weighted by molar-refractivity contribution is 9.11. The molecule has 1 aromatic rings. The standard InChI is InChI=1S/C13H19Br2NS/c1-4-17-8-9(2)16-10(3)12-6-5-11(14)7-13(12)15/h5-7,9-10,16H,4,8H2,1-3H3. The molecule has 17 heavy (non-hydrogen) atoms. The first-order valence-electron chi connectivity index (χ1n) is 5.83. The molecule has 1 nitrogen and oxygen atoms in total. The van der Waals surface area contributed by atoms with Gasteiger partial charge in [-0.2, -0.15) is 11.8 Å². The monoisotopic (exact) mass is 379 g/mol. The van der Waals surface area contributed by atoms with E-state index in [4.69, 9.17) is 0 Å². The van der Waals surface area contributed by atoms with Crippen molar-refractivity contribution in [2.24, 2.45) is 0 Å². The molecule has 0 aliphatic heterocycles. The molecule has 2 atom stereocenters. The molecule has 1 rings (SSSR count). The quantitative estimate of drug-likeness (QED) is 0.744. The van der Waals surface area contributed by atoms with Gasteiger partial charge in [-0.25, -0.2) is 0 Å². The van der Waals surface area contributed by atoms with Gasteiger partial charge in [0.1, 0.15) is 0 Å². The van der Waals surface area contributed by atoms with Crippen molar-refractivity contribution in [1.29, 1.82) is 0 Å². The molecule has 96 valence electrons. The highest BCUT2D eigenvalue weighted by atomic mass is 79.9. The van der Waals surface area contributed by atoms with Gasteiger partial charge in [-0.3, -0.25) is 0 Å². The molecule has 0 bridgehead atoms. The van der Waals surface area contributed by atoms with Crippen LogP contribution in [0.5, 0.6) is 0 Å². The molecule has 2 unspecified atom stereocenters. The lowest BCUT2D eigenvalue weighted by molar-refractivity contribution is 0.510. The lowest BCUT2D eigenvalue weighted by Gasteiger charge is -2.21. The summed E-state index contributed by atoms with van der Waals surface area (Å²) in [5, 5.41) is 3.63. The van der Waals surface area contributed by atoms with Gasteiger partial charge < -0.3 is 5.32 Å². The largest absolute Gasteiger partial charge is 0.307 e. The first-order chi connectivity index (χ1) is 8.04. The van der Waals surface area contributed by atoms with Crippen molar-refractivity contribution in [1.82, 2.24) is 5.32 Å². The summed E-state index contributed by atoms with van der Waals surface area (Å²) in [6.07, 6.45) is 0.